The molecule has 0 bridgehead atoms. The lowest BCUT2D eigenvalue weighted by atomic mass is 9.98. The lowest BCUT2D eigenvalue weighted by Gasteiger charge is -2.35. The van der Waals surface area contributed by atoms with Gasteiger partial charge in [0.25, 0.3) is 5.91 Å². The first-order valence-electron chi connectivity index (χ1n) is 16.3. The molecule has 0 heterocycles. The van der Waals surface area contributed by atoms with E-state index < -0.39 is 35.6 Å². The maximum atomic E-state index is 14.5. The molecule has 3 rings (SSSR count). The van der Waals surface area contributed by atoms with Gasteiger partial charge in [0, 0.05) is 17.8 Å². The molecule has 45 heavy (non-hydrogen) atoms. The van der Waals surface area contributed by atoms with Gasteiger partial charge >= 0.3 is 6.09 Å². The summed E-state index contributed by atoms with van der Waals surface area (Å²) in [6.07, 6.45) is 5.61. The molecule has 8 nitrogen and oxygen atoms in total. The Labute approximate surface area is 268 Å². The van der Waals surface area contributed by atoms with Crippen LogP contribution in [0.3, 0.4) is 0 Å². The molecule has 3 aromatic carbocycles. The number of para-hydroxylation sites is 1. The standard InChI is InChI=1S/C37H51N3O5/c1-7-8-9-10-11-16-23-40(35(43)31(24-26(2)3)39-36(44)45-37(4,5)6)33(30-19-14-15-20-32(30)41)34(42)38-29-22-21-27-17-12-13-18-28(27)25-29/h12-15,17-22,25-26,31,33,41H,7-11,16,23-24H2,1-6H3,(H,38,42)(H,39,44). The first kappa shape index (κ1) is 35.4. The van der Waals surface area contributed by atoms with E-state index in [2.05, 4.69) is 17.6 Å². The Morgan fingerprint density at radius 2 is 1.51 bits per heavy atom. The van der Waals surface area contributed by atoms with Crippen molar-refractivity contribution in [1.82, 2.24) is 10.2 Å². The van der Waals surface area contributed by atoms with Gasteiger partial charge in [-0.25, -0.2) is 4.79 Å². The minimum atomic E-state index is -1.14. The summed E-state index contributed by atoms with van der Waals surface area (Å²) < 4.78 is 5.50. The van der Waals surface area contributed by atoms with Crippen molar-refractivity contribution in [2.24, 2.45) is 5.92 Å². The Bertz CT molecular complexity index is 1410. The van der Waals surface area contributed by atoms with Crippen LogP contribution < -0.4 is 10.6 Å². The zero-order chi connectivity index (χ0) is 33.0. The fourth-order valence-corrected chi connectivity index (χ4v) is 5.42. The van der Waals surface area contributed by atoms with Crippen LogP contribution >= 0.6 is 0 Å². The maximum absolute atomic E-state index is 14.5. The number of aromatic hydroxyl groups is 1. The highest BCUT2D eigenvalue weighted by molar-refractivity contribution is 6.00. The van der Waals surface area contributed by atoms with Crippen molar-refractivity contribution < 1.29 is 24.2 Å². The van der Waals surface area contributed by atoms with Gasteiger partial charge in [-0.05, 0) is 68.5 Å². The average molecular weight is 618 g/mol. The van der Waals surface area contributed by atoms with Crippen molar-refractivity contribution in [3.8, 4) is 5.75 Å². The number of amides is 3. The molecule has 2 atom stereocenters. The number of anilines is 1. The van der Waals surface area contributed by atoms with E-state index in [9.17, 15) is 19.5 Å². The predicted octanol–water partition coefficient (Wildman–Crippen LogP) is 8.35. The Hall–Kier alpha value is -4.07. The molecule has 0 aliphatic heterocycles. The van der Waals surface area contributed by atoms with Gasteiger partial charge in [0.15, 0.2) is 0 Å². The van der Waals surface area contributed by atoms with Crippen LogP contribution in [0.2, 0.25) is 0 Å². The summed E-state index contributed by atoms with van der Waals surface area (Å²) in [5.41, 5.74) is 0.151. The van der Waals surface area contributed by atoms with E-state index in [1.165, 1.54) is 11.0 Å². The van der Waals surface area contributed by atoms with Gasteiger partial charge in [0.1, 0.15) is 23.4 Å². The monoisotopic (exact) mass is 617 g/mol. The summed E-state index contributed by atoms with van der Waals surface area (Å²) in [6.45, 7) is 11.7. The number of carbonyl (C=O) groups is 3. The number of ether oxygens (including phenoxy) is 1. The highest BCUT2D eigenvalue weighted by Gasteiger charge is 2.37. The third-order valence-corrected chi connectivity index (χ3v) is 7.54. The minimum absolute atomic E-state index is 0.0692. The zero-order valence-electron chi connectivity index (χ0n) is 27.8. The number of hydrogen-bond acceptors (Lipinski definition) is 5. The van der Waals surface area contributed by atoms with Gasteiger partial charge in [-0.2, -0.15) is 0 Å². The van der Waals surface area contributed by atoms with Crippen LogP contribution in [-0.4, -0.2) is 46.1 Å². The molecule has 2 unspecified atom stereocenters. The highest BCUT2D eigenvalue weighted by atomic mass is 16.6. The number of hydrogen-bond donors (Lipinski definition) is 3. The average Bonchev–Trinajstić information content (AvgIpc) is 2.97. The van der Waals surface area contributed by atoms with Gasteiger partial charge in [-0.15, -0.1) is 0 Å². The summed E-state index contributed by atoms with van der Waals surface area (Å²) in [6, 6.07) is 18.0. The van der Waals surface area contributed by atoms with Gasteiger partial charge in [0.2, 0.25) is 5.91 Å². The summed E-state index contributed by atoms with van der Waals surface area (Å²) in [5, 5.41) is 18.8. The third-order valence-electron chi connectivity index (χ3n) is 7.54. The quantitative estimate of drug-likeness (QED) is 0.149. The first-order chi connectivity index (χ1) is 21.4. The van der Waals surface area contributed by atoms with Crippen LogP contribution in [0, 0.1) is 5.92 Å². The number of rotatable bonds is 15. The molecule has 244 valence electrons. The molecule has 3 amide bonds. The second kappa shape index (κ2) is 16.8. The van der Waals surface area contributed by atoms with E-state index in [4.69, 9.17) is 4.74 Å². The lowest BCUT2D eigenvalue weighted by molar-refractivity contribution is -0.141. The van der Waals surface area contributed by atoms with Crippen molar-refractivity contribution in [3.63, 3.8) is 0 Å². The van der Waals surface area contributed by atoms with Crippen molar-refractivity contribution in [3.05, 3.63) is 72.3 Å². The Morgan fingerprint density at radius 3 is 2.18 bits per heavy atom. The smallest absolute Gasteiger partial charge is 0.408 e. The molecule has 3 N–H and O–H groups in total. The molecule has 0 aliphatic carbocycles. The largest absolute Gasteiger partial charge is 0.508 e. The molecule has 0 aromatic heterocycles. The van der Waals surface area contributed by atoms with E-state index in [-0.39, 0.29) is 18.2 Å². The van der Waals surface area contributed by atoms with Crippen molar-refractivity contribution in [1.29, 1.82) is 0 Å². The van der Waals surface area contributed by atoms with E-state index in [1.54, 1.807) is 39.0 Å². The van der Waals surface area contributed by atoms with Crippen LogP contribution in [0.1, 0.15) is 98.1 Å². The molecule has 0 aliphatic rings. The third kappa shape index (κ3) is 11.1. The number of alkyl carbamates (subject to hydrolysis) is 1. The summed E-state index contributed by atoms with van der Waals surface area (Å²) in [5.74, 6) is -0.867. The predicted molar refractivity (Wildman–Crippen MR) is 181 cm³/mol. The summed E-state index contributed by atoms with van der Waals surface area (Å²) >= 11 is 0. The molecule has 0 fully saturated rings. The Balaban J connectivity index is 2.02. The Morgan fingerprint density at radius 1 is 0.867 bits per heavy atom. The number of phenolic OH excluding ortho intramolecular Hbond substituents is 1. The van der Waals surface area contributed by atoms with Gasteiger partial charge in [0.05, 0.1) is 0 Å². The Kier molecular flexibility index (Phi) is 13.3. The number of phenols is 1. The molecule has 0 saturated carbocycles. The molecular formula is C37H51N3O5. The van der Waals surface area contributed by atoms with Crippen LogP contribution in [0.5, 0.6) is 5.75 Å². The fourth-order valence-electron chi connectivity index (χ4n) is 5.42. The molecule has 8 heteroatoms. The summed E-state index contributed by atoms with van der Waals surface area (Å²) in [7, 11) is 0. The number of nitrogens with one attached hydrogen (secondary N) is 2. The highest BCUT2D eigenvalue weighted by Crippen LogP contribution is 2.32. The number of nitrogens with zero attached hydrogens (tertiary/aromatic N) is 1. The number of unbranched alkanes of at least 4 members (excludes halogenated alkanes) is 5. The van der Waals surface area contributed by atoms with Crippen LogP contribution in [0.15, 0.2) is 66.7 Å². The van der Waals surface area contributed by atoms with Crippen LogP contribution in [0.4, 0.5) is 10.5 Å². The van der Waals surface area contributed by atoms with E-state index in [0.717, 1.165) is 42.9 Å². The van der Waals surface area contributed by atoms with Crippen molar-refractivity contribution in [2.45, 2.75) is 104 Å². The van der Waals surface area contributed by atoms with Crippen molar-refractivity contribution in [2.75, 3.05) is 11.9 Å². The van der Waals surface area contributed by atoms with Crippen molar-refractivity contribution >= 4 is 34.4 Å². The minimum Gasteiger partial charge on any atom is -0.508 e. The summed E-state index contributed by atoms with van der Waals surface area (Å²) in [4.78, 5) is 43.2. The fraction of sp³-hybridized carbons (Fsp3) is 0.486. The molecular weight excluding hydrogens is 566 g/mol. The van der Waals surface area contributed by atoms with Gasteiger partial charge < -0.3 is 25.4 Å². The second-order valence-corrected chi connectivity index (χ2v) is 13.1. The lowest BCUT2D eigenvalue weighted by Crippen LogP contribution is -2.53. The molecule has 0 radical (unpaired) electrons. The number of carbonyl (C=O) groups excluding carboxylic acids is 3. The number of benzene rings is 3. The van der Waals surface area contributed by atoms with E-state index in [0.29, 0.717) is 24.1 Å². The normalized spacial score (nSPS) is 12.9. The molecule has 3 aromatic rings. The SMILES string of the molecule is CCCCCCCCN(C(=O)C(CC(C)C)NC(=O)OC(C)(C)C)C(C(=O)Nc1ccc2ccccc2c1)c1ccccc1O. The zero-order valence-corrected chi connectivity index (χ0v) is 27.8. The second-order valence-electron chi connectivity index (χ2n) is 13.1. The van der Waals surface area contributed by atoms with Crippen LogP contribution in [0.25, 0.3) is 10.8 Å². The van der Waals surface area contributed by atoms with Crippen LogP contribution in [-0.2, 0) is 14.3 Å². The maximum Gasteiger partial charge on any atom is 0.408 e. The molecule has 0 spiro atoms. The number of fused-ring (bicyclic) bond motifs is 1. The van der Waals surface area contributed by atoms with E-state index >= 15 is 0 Å². The first-order valence-corrected chi connectivity index (χ1v) is 16.3. The van der Waals surface area contributed by atoms with Gasteiger partial charge in [-0.3, -0.25) is 9.59 Å². The topological polar surface area (TPSA) is 108 Å². The van der Waals surface area contributed by atoms with Gasteiger partial charge in [-0.1, -0.05) is 101 Å². The molecule has 0 saturated heterocycles. The van der Waals surface area contributed by atoms with E-state index in [1.807, 2.05) is 56.3 Å².